The maximum absolute atomic E-state index is 3.95. The van der Waals surface area contributed by atoms with Gasteiger partial charge in [0.2, 0.25) is 0 Å². The third-order valence-electron chi connectivity index (χ3n) is 0.529. The van der Waals surface area contributed by atoms with E-state index in [4.69, 9.17) is 0 Å². The van der Waals surface area contributed by atoms with Crippen molar-refractivity contribution in [3.63, 3.8) is 0 Å². The predicted molar refractivity (Wildman–Crippen MR) is 35.1 cm³/mol. The van der Waals surface area contributed by atoms with E-state index >= 15 is 0 Å². The fraction of sp³-hybridized carbons (Fsp3) is 1.00. The Hall–Kier alpha value is -0.400. The lowest BCUT2D eigenvalue weighted by Gasteiger charge is -1.94. The minimum Gasteiger partial charge on any atom is -0.191 e. The smallest absolute Gasteiger partial charge is 0.0652 e. The zero-order valence-electron chi connectivity index (χ0n) is 6.05. The van der Waals surface area contributed by atoms with Gasteiger partial charge in [0, 0.05) is 0 Å². The van der Waals surface area contributed by atoms with Gasteiger partial charge < -0.3 is 0 Å². The molecule has 0 spiro atoms. The van der Waals surface area contributed by atoms with E-state index in [2.05, 4.69) is 10.2 Å². The molecule has 0 rings (SSSR count). The number of azo groups is 1. The molecule has 0 aromatic carbocycles. The van der Waals surface area contributed by atoms with Gasteiger partial charge in [-0.25, -0.2) is 0 Å². The third-order valence-corrected chi connectivity index (χ3v) is 0.529. The topological polar surface area (TPSA) is 24.7 Å². The van der Waals surface area contributed by atoms with Gasteiger partial charge in [-0.3, -0.25) is 0 Å². The SMILES string of the molecule is CC(C)N=NC(C)C. The molecule has 0 aromatic heterocycles. The Bertz CT molecular complexity index is 64.6. The summed E-state index contributed by atoms with van der Waals surface area (Å²) in [6.45, 7) is 8.08. The summed E-state index contributed by atoms with van der Waals surface area (Å²) in [6.07, 6.45) is 0. The summed E-state index contributed by atoms with van der Waals surface area (Å²) >= 11 is 0. The molecule has 2 heteroatoms. The molecule has 48 valence electrons. The van der Waals surface area contributed by atoms with Gasteiger partial charge in [-0.05, 0) is 27.7 Å². The fourth-order valence-corrected chi connectivity index (χ4v) is 0.267. The summed E-state index contributed by atoms with van der Waals surface area (Å²) < 4.78 is 0. The van der Waals surface area contributed by atoms with Crippen LogP contribution in [0.3, 0.4) is 0 Å². The lowest BCUT2D eigenvalue weighted by atomic mass is 10.4. The first-order valence-corrected chi connectivity index (χ1v) is 3.03. The van der Waals surface area contributed by atoms with E-state index in [0.717, 1.165) is 0 Å². The normalized spacial score (nSPS) is 12.2. The summed E-state index contributed by atoms with van der Waals surface area (Å²) in [5.74, 6) is 0. The molecule has 8 heavy (non-hydrogen) atoms. The Labute approximate surface area is 51.0 Å². The Balaban J connectivity index is 3.34. The molecule has 0 unspecified atom stereocenters. The molecule has 0 radical (unpaired) electrons. The van der Waals surface area contributed by atoms with Crippen LogP contribution in [0, 0.1) is 0 Å². The first-order valence-electron chi connectivity index (χ1n) is 3.03. The zero-order chi connectivity index (χ0) is 6.57. The van der Waals surface area contributed by atoms with E-state index in [1.807, 2.05) is 27.7 Å². The first kappa shape index (κ1) is 7.60. The quantitative estimate of drug-likeness (QED) is 0.492. The maximum Gasteiger partial charge on any atom is 0.0652 e. The molecule has 0 amide bonds. The van der Waals surface area contributed by atoms with E-state index in [1.165, 1.54) is 0 Å². The highest BCUT2D eigenvalue weighted by molar-refractivity contribution is 4.49. The van der Waals surface area contributed by atoms with Crippen molar-refractivity contribution in [1.82, 2.24) is 0 Å². The van der Waals surface area contributed by atoms with Crippen LogP contribution in [0.25, 0.3) is 0 Å². The average molecular weight is 114 g/mol. The fourth-order valence-electron chi connectivity index (χ4n) is 0.267. The molecule has 0 heterocycles. The largest absolute Gasteiger partial charge is 0.191 e. The van der Waals surface area contributed by atoms with Gasteiger partial charge in [0.05, 0.1) is 12.1 Å². The lowest BCUT2D eigenvalue weighted by Crippen LogP contribution is -1.90. The Morgan fingerprint density at radius 1 is 0.750 bits per heavy atom. The predicted octanol–water partition coefficient (Wildman–Crippen LogP) is 2.26. The van der Waals surface area contributed by atoms with Crippen molar-refractivity contribution in [3.8, 4) is 0 Å². The molecule has 0 aromatic rings. The number of hydrogen-bond acceptors (Lipinski definition) is 2. The molecule has 0 aliphatic carbocycles. The van der Waals surface area contributed by atoms with E-state index < -0.39 is 0 Å². The van der Waals surface area contributed by atoms with E-state index in [1.54, 1.807) is 0 Å². The second-order valence-electron chi connectivity index (χ2n) is 2.42. The van der Waals surface area contributed by atoms with Gasteiger partial charge in [0.25, 0.3) is 0 Å². The Morgan fingerprint density at radius 3 is 1.12 bits per heavy atom. The molecule has 2 nitrogen and oxygen atoms in total. The molecule has 0 fully saturated rings. The van der Waals surface area contributed by atoms with Crippen LogP contribution >= 0.6 is 0 Å². The summed E-state index contributed by atoms with van der Waals surface area (Å²) in [6, 6.07) is 0.690. The van der Waals surface area contributed by atoms with Crippen LogP contribution in [-0.2, 0) is 0 Å². The number of rotatable bonds is 2. The second-order valence-corrected chi connectivity index (χ2v) is 2.42. The van der Waals surface area contributed by atoms with E-state index in [9.17, 15) is 0 Å². The summed E-state index contributed by atoms with van der Waals surface area (Å²) in [5.41, 5.74) is 0. The van der Waals surface area contributed by atoms with Crippen LogP contribution in [0.15, 0.2) is 10.2 Å². The molecule has 0 atom stereocenters. The zero-order valence-corrected chi connectivity index (χ0v) is 6.05. The minimum absolute atomic E-state index is 0.345. The summed E-state index contributed by atoms with van der Waals surface area (Å²) in [5, 5.41) is 7.90. The first-order chi connectivity index (χ1) is 3.63. The monoisotopic (exact) mass is 114 g/mol. The van der Waals surface area contributed by atoms with Gasteiger partial charge in [0.1, 0.15) is 0 Å². The summed E-state index contributed by atoms with van der Waals surface area (Å²) in [7, 11) is 0. The highest BCUT2D eigenvalue weighted by Gasteiger charge is 1.87. The highest BCUT2D eigenvalue weighted by Crippen LogP contribution is 1.91. The van der Waals surface area contributed by atoms with Gasteiger partial charge in [0.15, 0.2) is 0 Å². The molecular weight excluding hydrogens is 100 g/mol. The van der Waals surface area contributed by atoms with Crippen molar-refractivity contribution in [2.45, 2.75) is 39.8 Å². The van der Waals surface area contributed by atoms with Gasteiger partial charge in [-0.2, -0.15) is 10.2 Å². The van der Waals surface area contributed by atoms with Crippen molar-refractivity contribution in [1.29, 1.82) is 0 Å². The van der Waals surface area contributed by atoms with Crippen LogP contribution in [0.1, 0.15) is 27.7 Å². The molecule has 0 aliphatic heterocycles. The van der Waals surface area contributed by atoms with Crippen LogP contribution in [0.2, 0.25) is 0 Å². The molecular formula is C6H14N2. The molecule has 0 aliphatic rings. The maximum atomic E-state index is 3.95. The van der Waals surface area contributed by atoms with Gasteiger partial charge >= 0.3 is 0 Å². The third kappa shape index (κ3) is 5.60. The minimum atomic E-state index is 0.345. The van der Waals surface area contributed by atoms with E-state index in [0.29, 0.717) is 12.1 Å². The number of hydrogen-bond donors (Lipinski definition) is 0. The Kier molecular flexibility index (Phi) is 3.40. The van der Waals surface area contributed by atoms with Gasteiger partial charge in [-0.15, -0.1) is 0 Å². The van der Waals surface area contributed by atoms with Crippen LogP contribution in [-0.4, -0.2) is 12.1 Å². The second kappa shape index (κ2) is 3.58. The Morgan fingerprint density at radius 2 is 1.00 bits per heavy atom. The average Bonchev–Trinajstić information content (AvgIpc) is 1.61. The van der Waals surface area contributed by atoms with Gasteiger partial charge in [-0.1, -0.05) is 0 Å². The molecule has 0 N–H and O–H groups in total. The number of nitrogens with zero attached hydrogens (tertiary/aromatic N) is 2. The standard InChI is InChI=1S/C6H14N2/c1-5(2)7-8-6(3)4/h5-6H,1-4H3. The van der Waals surface area contributed by atoms with Crippen LogP contribution < -0.4 is 0 Å². The lowest BCUT2D eigenvalue weighted by molar-refractivity contribution is 0.678. The van der Waals surface area contributed by atoms with E-state index in [-0.39, 0.29) is 0 Å². The molecule has 0 saturated carbocycles. The van der Waals surface area contributed by atoms with Crippen LogP contribution in [0.5, 0.6) is 0 Å². The molecule has 0 bridgehead atoms. The highest BCUT2D eigenvalue weighted by atomic mass is 15.1. The van der Waals surface area contributed by atoms with Crippen LogP contribution in [0.4, 0.5) is 0 Å². The van der Waals surface area contributed by atoms with Crippen molar-refractivity contribution < 1.29 is 0 Å². The van der Waals surface area contributed by atoms with Crippen molar-refractivity contribution in [3.05, 3.63) is 0 Å². The van der Waals surface area contributed by atoms with Crippen molar-refractivity contribution in [2.24, 2.45) is 10.2 Å². The van der Waals surface area contributed by atoms with Crippen molar-refractivity contribution >= 4 is 0 Å². The van der Waals surface area contributed by atoms with Crippen molar-refractivity contribution in [2.75, 3.05) is 0 Å². The molecule has 0 saturated heterocycles. The summed E-state index contributed by atoms with van der Waals surface area (Å²) in [4.78, 5) is 0.